The molecule has 0 fully saturated rings. The number of rotatable bonds is 6. The van der Waals surface area contributed by atoms with Crippen LogP contribution in [-0.4, -0.2) is 20.9 Å². The molecule has 11 heteroatoms. The molecule has 0 atom stereocenters. The van der Waals surface area contributed by atoms with Crippen LogP contribution in [0.1, 0.15) is 5.56 Å². The Morgan fingerprint density at radius 3 is 2.42 bits per heavy atom. The third kappa shape index (κ3) is 5.17. The summed E-state index contributed by atoms with van der Waals surface area (Å²) in [4.78, 5) is 12.5. The van der Waals surface area contributed by atoms with Gasteiger partial charge in [-0.25, -0.2) is 12.8 Å². The number of alkyl halides is 3. The highest BCUT2D eigenvalue weighted by Crippen LogP contribution is 2.30. The number of ether oxygens (including phenoxy) is 1. The molecule has 0 spiro atoms. The zero-order valence-corrected chi connectivity index (χ0v) is 13.7. The van der Waals surface area contributed by atoms with Crippen LogP contribution in [0.5, 0.6) is 5.75 Å². The van der Waals surface area contributed by atoms with Gasteiger partial charge >= 0.3 is 6.18 Å². The van der Waals surface area contributed by atoms with Crippen molar-refractivity contribution in [2.45, 2.75) is 11.1 Å². The number of hydrogen-bond acceptors (Lipinski definition) is 4. The van der Waals surface area contributed by atoms with Gasteiger partial charge in [0.1, 0.15) is 0 Å². The molecule has 0 radical (unpaired) electrons. The van der Waals surface area contributed by atoms with Crippen LogP contribution in [-0.2, 0) is 21.0 Å². The molecule has 0 heterocycles. The predicted octanol–water partition coefficient (Wildman–Crippen LogP) is 2.23. The number of carbonyl (C=O) groups is 1. The summed E-state index contributed by atoms with van der Waals surface area (Å²) in [5, 5.41) is 0. The van der Waals surface area contributed by atoms with Crippen molar-refractivity contribution in [3.05, 3.63) is 59.9 Å². The second kappa shape index (κ2) is 7.70. The molecule has 0 saturated heterocycles. The van der Waals surface area contributed by atoms with Crippen molar-refractivity contribution in [2.75, 3.05) is 6.61 Å². The van der Waals surface area contributed by atoms with Crippen molar-refractivity contribution >= 4 is 15.9 Å². The molecule has 2 aromatic carbocycles. The molecule has 0 aliphatic carbocycles. The Balaban J connectivity index is 1.97. The molecule has 1 amide bonds. The van der Waals surface area contributed by atoms with Gasteiger partial charge in [-0.15, -0.1) is 4.83 Å². The fraction of sp³-hybridized carbons (Fsp3) is 0.133. The lowest BCUT2D eigenvalue weighted by Gasteiger charge is -2.11. The Morgan fingerprint density at radius 1 is 1.08 bits per heavy atom. The van der Waals surface area contributed by atoms with E-state index < -0.39 is 45.0 Å². The second-order valence-corrected chi connectivity index (χ2v) is 6.58. The normalized spacial score (nSPS) is 11.8. The highest BCUT2D eigenvalue weighted by atomic mass is 32.2. The molecule has 0 bridgehead atoms. The van der Waals surface area contributed by atoms with Gasteiger partial charge in [-0.3, -0.25) is 10.2 Å². The van der Waals surface area contributed by atoms with Crippen LogP contribution in [0, 0.1) is 5.82 Å². The van der Waals surface area contributed by atoms with E-state index in [0.29, 0.717) is 12.1 Å². The van der Waals surface area contributed by atoms with Gasteiger partial charge in [-0.05, 0) is 30.3 Å². The first-order chi connectivity index (χ1) is 12.1. The maximum atomic E-state index is 13.3. The summed E-state index contributed by atoms with van der Waals surface area (Å²) in [7, 11) is -4.44. The lowest BCUT2D eigenvalue weighted by Crippen LogP contribution is -2.43. The Kier molecular flexibility index (Phi) is 5.83. The number of benzene rings is 2. The number of halogens is 4. The minimum Gasteiger partial charge on any atom is -0.481 e. The molecule has 2 N–H and O–H groups in total. The van der Waals surface area contributed by atoms with Crippen LogP contribution < -0.4 is 15.0 Å². The molecule has 0 aromatic heterocycles. The number of para-hydroxylation sites is 1. The van der Waals surface area contributed by atoms with Crippen molar-refractivity contribution in [3.63, 3.8) is 0 Å². The zero-order valence-electron chi connectivity index (χ0n) is 12.9. The van der Waals surface area contributed by atoms with E-state index in [4.69, 9.17) is 4.74 Å². The molecule has 0 unspecified atom stereocenters. The Bertz CT molecular complexity index is 901. The van der Waals surface area contributed by atoms with Crippen molar-refractivity contribution in [3.8, 4) is 5.75 Å². The van der Waals surface area contributed by atoms with Crippen molar-refractivity contribution in [2.24, 2.45) is 0 Å². The van der Waals surface area contributed by atoms with Gasteiger partial charge < -0.3 is 4.74 Å². The molecular weight excluding hydrogens is 380 g/mol. The van der Waals surface area contributed by atoms with Gasteiger partial charge in [0.25, 0.3) is 15.9 Å². The molecule has 0 saturated carbocycles. The zero-order chi connectivity index (χ0) is 19.4. The predicted molar refractivity (Wildman–Crippen MR) is 81.8 cm³/mol. The molecule has 0 aliphatic rings. The van der Waals surface area contributed by atoms with E-state index in [0.717, 1.165) is 18.2 Å². The number of amides is 1. The first kappa shape index (κ1) is 19.7. The second-order valence-electron chi connectivity index (χ2n) is 4.90. The van der Waals surface area contributed by atoms with Gasteiger partial charge in [0.05, 0.1) is 10.5 Å². The smallest absolute Gasteiger partial charge is 0.416 e. The molecular formula is C15H12F4N2O4S. The van der Waals surface area contributed by atoms with E-state index in [9.17, 15) is 30.8 Å². The number of hydrogen-bond donors (Lipinski definition) is 2. The average molecular weight is 392 g/mol. The van der Waals surface area contributed by atoms with Crippen LogP contribution >= 0.6 is 0 Å². The standard InChI is InChI=1S/C15H12F4N2O4S/c16-12-6-1-2-7-13(12)25-9-14(22)20-21-26(23,24)11-5-3-4-10(8-11)15(17,18)19/h1-8,21H,9H2,(H,20,22). The summed E-state index contributed by atoms with van der Waals surface area (Å²) >= 11 is 0. The van der Waals surface area contributed by atoms with Gasteiger partial charge in [0.15, 0.2) is 18.2 Å². The average Bonchev–Trinajstić information content (AvgIpc) is 2.59. The number of hydrazine groups is 1. The van der Waals surface area contributed by atoms with Gasteiger partial charge in [-0.2, -0.15) is 13.2 Å². The maximum Gasteiger partial charge on any atom is 0.416 e. The monoisotopic (exact) mass is 392 g/mol. The van der Waals surface area contributed by atoms with Crippen LogP contribution in [0.25, 0.3) is 0 Å². The topological polar surface area (TPSA) is 84.5 Å². The Morgan fingerprint density at radius 2 is 1.77 bits per heavy atom. The van der Waals surface area contributed by atoms with Crippen molar-refractivity contribution in [1.29, 1.82) is 0 Å². The van der Waals surface area contributed by atoms with Crippen LogP contribution in [0.15, 0.2) is 53.4 Å². The third-order valence-corrected chi connectivity index (χ3v) is 4.24. The summed E-state index contributed by atoms with van der Waals surface area (Å²) in [6, 6.07) is 8.21. The summed E-state index contributed by atoms with van der Waals surface area (Å²) in [6.45, 7) is -0.716. The highest BCUT2D eigenvalue weighted by molar-refractivity contribution is 7.89. The summed E-state index contributed by atoms with van der Waals surface area (Å²) in [6.07, 6.45) is -4.72. The van der Waals surface area contributed by atoms with Crippen molar-refractivity contribution < 1.29 is 35.5 Å². The van der Waals surface area contributed by atoms with Crippen molar-refractivity contribution in [1.82, 2.24) is 10.3 Å². The minimum atomic E-state index is -4.72. The number of sulfonamides is 1. The van der Waals surface area contributed by atoms with Crippen LogP contribution in [0.3, 0.4) is 0 Å². The lowest BCUT2D eigenvalue weighted by molar-refractivity contribution is -0.137. The molecule has 2 rings (SSSR count). The van der Waals surface area contributed by atoms with Crippen LogP contribution in [0.2, 0.25) is 0 Å². The van der Waals surface area contributed by atoms with E-state index in [1.807, 2.05) is 0 Å². The SMILES string of the molecule is O=C(COc1ccccc1F)NNS(=O)(=O)c1cccc(C(F)(F)F)c1. The van der Waals surface area contributed by atoms with E-state index in [1.165, 1.54) is 18.2 Å². The molecule has 26 heavy (non-hydrogen) atoms. The van der Waals surface area contributed by atoms with Gasteiger partial charge in [0, 0.05) is 0 Å². The number of carbonyl (C=O) groups excluding carboxylic acids is 1. The van der Waals surface area contributed by atoms with Gasteiger partial charge in [-0.1, -0.05) is 18.2 Å². The first-order valence-corrected chi connectivity index (χ1v) is 8.43. The number of nitrogens with one attached hydrogen (secondary N) is 2. The van der Waals surface area contributed by atoms with Crippen LogP contribution in [0.4, 0.5) is 17.6 Å². The minimum absolute atomic E-state index is 0.219. The largest absolute Gasteiger partial charge is 0.481 e. The maximum absolute atomic E-state index is 13.3. The molecule has 6 nitrogen and oxygen atoms in total. The summed E-state index contributed by atoms with van der Waals surface area (Å²) in [5.41, 5.74) is 0.606. The van der Waals surface area contributed by atoms with E-state index in [1.54, 1.807) is 10.3 Å². The molecule has 0 aliphatic heterocycles. The first-order valence-electron chi connectivity index (χ1n) is 6.95. The Hall–Kier alpha value is -2.66. The van der Waals surface area contributed by atoms with E-state index in [-0.39, 0.29) is 5.75 Å². The van der Waals surface area contributed by atoms with Gasteiger partial charge in [0.2, 0.25) is 0 Å². The molecule has 2 aromatic rings. The van der Waals surface area contributed by atoms with E-state index >= 15 is 0 Å². The highest BCUT2D eigenvalue weighted by Gasteiger charge is 2.31. The molecule has 140 valence electrons. The lowest BCUT2D eigenvalue weighted by atomic mass is 10.2. The Labute approximate surface area is 145 Å². The summed E-state index contributed by atoms with van der Waals surface area (Å²) < 4.78 is 80.0. The fourth-order valence-corrected chi connectivity index (χ4v) is 2.67. The quantitative estimate of drug-likeness (QED) is 0.583. The third-order valence-electron chi connectivity index (χ3n) is 2.99. The fourth-order valence-electron chi connectivity index (χ4n) is 1.76. The van der Waals surface area contributed by atoms with E-state index in [2.05, 4.69) is 0 Å². The summed E-state index contributed by atoms with van der Waals surface area (Å²) in [5.74, 6) is -1.92.